The van der Waals surface area contributed by atoms with Gasteiger partial charge in [-0.1, -0.05) is 51.1 Å². The van der Waals surface area contributed by atoms with Crippen molar-refractivity contribution in [2.45, 2.75) is 39.2 Å². The van der Waals surface area contributed by atoms with Crippen molar-refractivity contribution < 1.29 is 14.7 Å². The van der Waals surface area contributed by atoms with Gasteiger partial charge in [0, 0.05) is 12.3 Å². The number of carbonyl (C=O) groups is 2. The summed E-state index contributed by atoms with van der Waals surface area (Å²) in [6.07, 6.45) is 0.281. The fourth-order valence-electron chi connectivity index (χ4n) is 2.22. The highest BCUT2D eigenvalue weighted by Gasteiger charge is 2.32. The summed E-state index contributed by atoms with van der Waals surface area (Å²) in [5.41, 5.74) is 0.932. The first-order chi connectivity index (χ1) is 8.97. The zero-order valence-electron chi connectivity index (χ0n) is 11.6. The van der Waals surface area contributed by atoms with Crippen LogP contribution in [0, 0.1) is 5.92 Å². The van der Waals surface area contributed by atoms with Crippen molar-refractivity contribution in [1.82, 2.24) is 5.32 Å². The second kappa shape index (κ2) is 6.92. The van der Waals surface area contributed by atoms with Gasteiger partial charge < -0.3 is 10.4 Å². The number of rotatable bonds is 6. The summed E-state index contributed by atoms with van der Waals surface area (Å²) in [6, 6.07) is 8.56. The number of carbonyl (C=O) groups excluding carboxylic acids is 1. The molecule has 0 bridgehead atoms. The van der Waals surface area contributed by atoms with Crippen molar-refractivity contribution in [3.05, 3.63) is 35.9 Å². The zero-order chi connectivity index (χ0) is 14.4. The molecule has 4 heteroatoms. The minimum Gasteiger partial charge on any atom is -0.480 e. The molecule has 0 aromatic heterocycles. The van der Waals surface area contributed by atoms with E-state index in [-0.39, 0.29) is 24.2 Å². The van der Waals surface area contributed by atoms with E-state index in [2.05, 4.69) is 5.32 Å². The zero-order valence-corrected chi connectivity index (χ0v) is 11.6. The number of hydrogen-bond acceptors (Lipinski definition) is 2. The van der Waals surface area contributed by atoms with E-state index >= 15 is 0 Å². The first kappa shape index (κ1) is 15.2. The molecule has 4 nitrogen and oxygen atoms in total. The molecule has 0 aliphatic heterocycles. The molecule has 19 heavy (non-hydrogen) atoms. The van der Waals surface area contributed by atoms with Crippen molar-refractivity contribution in [2.24, 2.45) is 5.92 Å². The fourth-order valence-corrected chi connectivity index (χ4v) is 2.22. The molecule has 2 atom stereocenters. The molecular formula is C15H21NO3. The number of aliphatic carboxylic acids is 1. The van der Waals surface area contributed by atoms with Gasteiger partial charge in [-0.25, -0.2) is 4.79 Å². The van der Waals surface area contributed by atoms with Gasteiger partial charge in [-0.2, -0.15) is 0 Å². The number of benzene rings is 1. The van der Waals surface area contributed by atoms with Crippen LogP contribution in [0.5, 0.6) is 0 Å². The molecule has 0 heterocycles. The molecular weight excluding hydrogens is 242 g/mol. The maximum atomic E-state index is 11.5. The molecule has 1 aromatic carbocycles. The monoisotopic (exact) mass is 263 g/mol. The first-order valence-electron chi connectivity index (χ1n) is 6.54. The van der Waals surface area contributed by atoms with Crippen molar-refractivity contribution in [3.8, 4) is 0 Å². The molecule has 2 N–H and O–H groups in total. The Bertz CT molecular complexity index is 428. The molecule has 1 unspecified atom stereocenters. The lowest BCUT2D eigenvalue weighted by Gasteiger charge is -2.28. The third-order valence-electron chi connectivity index (χ3n) is 3.17. The van der Waals surface area contributed by atoms with Crippen LogP contribution in [0.2, 0.25) is 0 Å². The Labute approximate surface area is 113 Å². The Morgan fingerprint density at radius 2 is 1.79 bits per heavy atom. The average Bonchev–Trinajstić information content (AvgIpc) is 2.38. The van der Waals surface area contributed by atoms with Crippen LogP contribution in [0.4, 0.5) is 0 Å². The van der Waals surface area contributed by atoms with E-state index < -0.39 is 12.0 Å². The van der Waals surface area contributed by atoms with Crippen LogP contribution in [0.25, 0.3) is 0 Å². The summed E-state index contributed by atoms with van der Waals surface area (Å²) in [6.45, 7) is 5.64. The molecule has 0 spiro atoms. The van der Waals surface area contributed by atoms with Gasteiger partial charge >= 0.3 is 5.97 Å². The smallest absolute Gasteiger partial charge is 0.326 e. The second-order valence-electron chi connectivity index (χ2n) is 4.92. The van der Waals surface area contributed by atoms with Crippen LogP contribution in [-0.4, -0.2) is 23.0 Å². The van der Waals surface area contributed by atoms with Crippen LogP contribution in [0.15, 0.2) is 30.3 Å². The number of hydrogen-bond donors (Lipinski definition) is 2. The standard InChI is InChI=1S/C15H21NO3/c1-4-12(17)16-14(15(18)19)13(10(2)3)11-8-6-5-7-9-11/h5-10,13-14H,4H2,1-3H3,(H,16,17)(H,18,19)/t13?,14-/m0/s1. The average molecular weight is 263 g/mol. The molecule has 0 saturated carbocycles. The van der Waals surface area contributed by atoms with Crippen LogP contribution >= 0.6 is 0 Å². The lowest BCUT2D eigenvalue weighted by molar-refractivity contribution is -0.142. The lowest BCUT2D eigenvalue weighted by Crippen LogP contribution is -2.46. The van der Waals surface area contributed by atoms with Gasteiger partial charge in [0.05, 0.1) is 0 Å². The van der Waals surface area contributed by atoms with Gasteiger partial charge in [-0.05, 0) is 11.5 Å². The van der Waals surface area contributed by atoms with Crippen molar-refractivity contribution in [2.75, 3.05) is 0 Å². The van der Waals surface area contributed by atoms with Crippen LogP contribution in [0.3, 0.4) is 0 Å². The molecule has 1 aromatic rings. The predicted molar refractivity (Wildman–Crippen MR) is 73.9 cm³/mol. The van der Waals surface area contributed by atoms with Crippen LogP contribution in [0.1, 0.15) is 38.7 Å². The quantitative estimate of drug-likeness (QED) is 0.828. The Balaban J connectivity index is 3.07. The van der Waals surface area contributed by atoms with Gasteiger partial charge in [0.2, 0.25) is 5.91 Å². The van der Waals surface area contributed by atoms with E-state index in [1.165, 1.54) is 0 Å². The highest BCUT2D eigenvalue weighted by atomic mass is 16.4. The molecule has 0 radical (unpaired) electrons. The summed E-state index contributed by atoms with van der Waals surface area (Å²) in [4.78, 5) is 23.0. The summed E-state index contributed by atoms with van der Waals surface area (Å²) in [5.74, 6) is -1.37. The largest absolute Gasteiger partial charge is 0.480 e. The number of amides is 1. The Morgan fingerprint density at radius 1 is 1.21 bits per heavy atom. The van der Waals surface area contributed by atoms with Crippen molar-refractivity contribution in [1.29, 1.82) is 0 Å². The molecule has 0 saturated heterocycles. The first-order valence-corrected chi connectivity index (χ1v) is 6.54. The van der Waals surface area contributed by atoms with E-state index in [1.54, 1.807) is 6.92 Å². The normalized spacial score (nSPS) is 13.9. The van der Waals surface area contributed by atoms with Gasteiger partial charge in [-0.15, -0.1) is 0 Å². The molecule has 0 aliphatic carbocycles. The SMILES string of the molecule is CCC(=O)N[C@H](C(=O)O)C(c1ccccc1)C(C)C. The van der Waals surface area contributed by atoms with E-state index in [1.807, 2.05) is 44.2 Å². The Kier molecular flexibility index (Phi) is 5.55. The van der Waals surface area contributed by atoms with Crippen LogP contribution in [-0.2, 0) is 9.59 Å². The maximum absolute atomic E-state index is 11.5. The maximum Gasteiger partial charge on any atom is 0.326 e. The minimum atomic E-state index is -0.996. The Morgan fingerprint density at radius 3 is 2.21 bits per heavy atom. The van der Waals surface area contributed by atoms with Crippen molar-refractivity contribution in [3.63, 3.8) is 0 Å². The molecule has 0 fully saturated rings. The van der Waals surface area contributed by atoms with E-state index in [9.17, 15) is 14.7 Å². The molecule has 104 valence electrons. The molecule has 1 rings (SSSR count). The number of carboxylic acid groups (broad SMARTS) is 1. The summed E-state index contributed by atoms with van der Waals surface area (Å²) < 4.78 is 0. The highest BCUT2D eigenvalue weighted by molar-refractivity contribution is 5.84. The van der Waals surface area contributed by atoms with Gasteiger partial charge in [0.25, 0.3) is 0 Å². The van der Waals surface area contributed by atoms with E-state index in [4.69, 9.17) is 0 Å². The Hall–Kier alpha value is -1.84. The third-order valence-corrected chi connectivity index (χ3v) is 3.17. The third kappa shape index (κ3) is 4.09. The predicted octanol–water partition coefficient (Wildman–Crippen LogP) is 2.41. The van der Waals surface area contributed by atoms with Gasteiger partial charge in [0.15, 0.2) is 0 Å². The molecule has 1 amide bonds. The fraction of sp³-hybridized carbons (Fsp3) is 0.467. The minimum absolute atomic E-state index is 0.112. The molecule has 0 aliphatic rings. The summed E-state index contributed by atoms with van der Waals surface area (Å²) >= 11 is 0. The summed E-state index contributed by atoms with van der Waals surface area (Å²) in [5, 5.41) is 12.0. The highest BCUT2D eigenvalue weighted by Crippen LogP contribution is 2.28. The van der Waals surface area contributed by atoms with E-state index in [0.29, 0.717) is 0 Å². The number of nitrogens with one attached hydrogen (secondary N) is 1. The van der Waals surface area contributed by atoms with Crippen LogP contribution < -0.4 is 5.32 Å². The number of carboxylic acids is 1. The lowest BCUT2D eigenvalue weighted by atomic mass is 9.82. The topological polar surface area (TPSA) is 66.4 Å². The van der Waals surface area contributed by atoms with Gasteiger partial charge in [-0.3, -0.25) is 4.79 Å². The van der Waals surface area contributed by atoms with Crippen molar-refractivity contribution >= 4 is 11.9 Å². The second-order valence-corrected chi connectivity index (χ2v) is 4.92. The van der Waals surface area contributed by atoms with Gasteiger partial charge in [0.1, 0.15) is 6.04 Å². The summed E-state index contributed by atoms with van der Waals surface area (Å²) in [7, 11) is 0. The van der Waals surface area contributed by atoms with E-state index in [0.717, 1.165) is 5.56 Å².